The fourth-order valence-electron chi connectivity index (χ4n) is 2.76. The van der Waals surface area contributed by atoms with Crippen molar-refractivity contribution in [3.8, 4) is 0 Å². The van der Waals surface area contributed by atoms with Crippen molar-refractivity contribution < 1.29 is 4.74 Å². The summed E-state index contributed by atoms with van der Waals surface area (Å²) in [6, 6.07) is 6.16. The fourth-order valence-corrected chi connectivity index (χ4v) is 3.29. The predicted octanol–water partition coefficient (Wildman–Crippen LogP) is 4.13. The molecule has 1 unspecified atom stereocenters. The monoisotopic (exact) mass is 332 g/mol. The molecule has 0 aliphatic carbocycles. The van der Waals surface area contributed by atoms with E-state index in [1.54, 1.807) is 13.2 Å². The average molecular weight is 333 g/mol. The Hall–Kier alpha value is -0.320. The van der Waals surface area contributed by atoms with Crippen LogP contribution in [0, 0.1) is 0 Å². The molecule has 0 radical (unpaired) electrons. The summed E-state index contributed by atoms with van der Waals surface area (Å²) >= 11 is 12.4. The van der Waals surface area contributed by atoms with Crippen LogP contribution in [-0.2, 0) is 4.74 Å². The summed E-state index contributed by atoms with van der Waals surface area (Å²) in [5.41, 5.74) is 7.09. The molecule has 21 heavy (non-hydrogen) atoms. The van der Waals surface area contributed by atoms with Crippen LogP contribution in [0.2, 0.25) is 10.0 Å². The van der Waals surface area contributed by atoms with Gasteiger partial charge in [-0.25, -0.2) is 0 Å². The number of rotatable bonds is 9. The van der Waals surface area contributed by atoms with Crippen molar-refractivity contribution in [1.82, 2.24) is 4.90 Å². The molecule has 5 heteroatoms. The molecule has 1 aromatic rings. The van der Waals surface area contributed by atoms with Crippen LogP contribution in [0.1, 0.15) is 38.3 Å². The van der Waals surface area contributed by atoms with Crippen LogP contribution in [0.5, 0.6) is 0 Å². The van der Waals surface area contributed by atoms with Gasteiger partial charge in [0.15, 0.2) is 0 Å². The lowest BCUT2D eigenvalue weighted by Crippen LogP contribution is -2.43. The van der Waals surface area contributed by atoms with E-state index >= 15 is 0 Å². The minimum Gasteiger partial charge on any atom is -0.383 e. The second-order valence-corrected chi connectivity index (χ2v) is 5.96. The molecule has 0 aromatic heterocycles. The van der Waals surface area contributed by atoms with E-state index < -0.39 is 0 Å². The first-order valence-electron chi connectivity index (χ1n) is 7.48. The summed E-state index contributed by atoms with van der Waals surface area (Å²) in [5, 5.41) is 1.32. The molecule has 0 aliphatic rings. The highest BCUT2D eigenvalue weighted by molar-refractivity contribution is 6.35. The van der Waals surface area contributed by atoms with Crippen LogP contribution >= 0.6 is 23.2 Å². The Kier molecular flexibility index (Phi) is 8.60. The number of hydrogen-bond acceptors (Lipinski definition) is 3. The molecular formula is C16H26Cl2N2O. The number of ether oxygens (including phenoxy) is 1. The molecule has 1 atom stereocenters. The van der Waals surface area contributed by atoms with Gasteiger partial charge in [0.05, 0.1) is 6.61 Å². The highest BCUT2D eigenvalue weighted by Crippen LogP contribution is 2.31. The van der Waals surface area contributed by atoms with E-state index in [0.29, 0.717) is 29.2 Å². The third kappa shape index (κ3) is 5.11. The van der Waals surface area contributed by atoms with Crippen LogP contribution < -0.4 is 5.73 Å². The summed E-state index contributed by atoms with van der Waals surface area (Å²) in [6.45, 7) is 6.43. The highest BCUT2D eigenvalue weighted by Gasteiger charge is 2.26. The zero-order valence-electron chi connectivity index (χ0n) is 13.1. The van der Waals surface area contributed by atoms with Gasteiger partial charge in [-0.2, -0.15) is 0 Å². The molecule has 0 heterocycles. The van der Waals surface area contributed by atoms with Crippen molar-refractivity contribution in [2.75, 3.05) is 26.8 Å². The maximum atomic E-state index is 6.37. The molecule has 0 spiro atoms. The van der Waals surface area contributed by atoms with Crippen molar-refractivity contribution in [3.63, 3.8) is 0 Å². The minimum absolute atomic E-state index is 0.0785. The summed E-state index contributed by atoms with van der Waals surface area (Å²) < 4.78 is 5.25. The molecule has 0 bridgehead atoms. The van der Waals surface area contributed by atoms with Crippen LogP contribution in [-0.4, -0.2) is 37.7 Å². The quantitative estimate of drug-likeness (QED) is 0.738. The molecule has 1 rings (SSSR count). The zero-order chi connectivity index (χ0) is 15.8. The maximum absolute atomic E-state index is 6.37. The molecule has 0 aliphatic heterocycles. The van der Waals surface area contributed by atoms with Crippen LogP contribution in [0.15, 0.2) is 18.2 Å². The van der Waals surface area contributed by atoms with E-state index in [1.165, 1.54) is 0 Å². The highest BCUT2D eigenvalue weighted by atomic mass is 35.5. The number of benzene rings is 1. The normalized spacial score (nSPS) is 13.1. The van der Waals surface area contributed by atoms with Crippen LogP contribution in [0.4, 0.5) is 0 Å². The maximum Gasteiger partial charge on any atom is 0.0590 e. The van der Waals surface area contributed by atoms with Crippen LogP contribution in [0.25, 0.3) is 0 Å². The third-order valence-electron chi connectivity index (χ3n) is 3.91. The first kappa shape index (κ1) is 18.7. The smallest absolute Gasteiger partial charge is 0.0590 e. The van der Waals surface area contributed by atoms with Gasteiger partial charge in [0.2, 0.25) is 0 Å². The second-order valence-electron chi connectivity index (χ2n) is 5.12. The zero-order valence-corrected chi connectivity index (χ0v) is 14.6. The Morgan fingerprint density at radius 1 is 1.24 bits per heavy atom. The van der Waals surface area contributed by atoms with E-state index in [-0.39, 0.29) is 6.04 Å². The molecular weight excluding hydrogens is 307 g/mol. The molecule has 120 valence electrons. The van der Waals surface area contributed by atoms with Gasteiger partial charge >= 0.3 is 0 Å². The number of halogens is 2. The summed E-state index contributed by atoms with van der Waals surface area (Å²) in [7, 11) is 1.72. The van der Waals surface area contributed by atoms with Gasteiger partial charge in [0.25, 0.3) is 0 Å². The molecule has 0 saturated carbocycles. The lowest BCUT2D eigenvalue weighted by molar-refractivity contribution is 0.0817. The minimum atomic E-state index is 0.0785. The first-order chi connectivity index (χ1) is 10.1. The molecule has 1 aromatic carbocycles. The van der Waals surface area contributed by atoms with Gasteiger partial charge in [-0.3, -0.25) is 4.90 Å². The Morgan fingerprint density at radius 2 is 1.90 bits per heavy atom. The van der Waals surface area contributed by atoms with E-state index in [0.717, 1.165) is 24.9 Å². The number of nitrogens with two attached hydrogens (primary N) is 1. The van der Waals surface area contributed by atoms with Gasteiger partial charge in [-0.05, 0) is 30.5 Å². The summed E-state index contributed by atoms with van der Waals surface area (Å²) in [5.74, 6) is 0. The van der Waals surface area contributed by atoms with Gasteiger partial charge in [0, 0.05) is 42.3 Å². The van der Waals surface area contributed by atoms with E-state index in [4.69, 9.17) is 33.7 Å². The molecule has 0 amide bonds. The van der Waals surface area contributed by atoms with Crippen molar-refractivity contribution >= 4 is 23.2 Å². The Morgan fingerprint density at radius 3 is 2.38 bits per heavy atom. The topological polar surface area (TPSA) is 38.5 Å². The Labute approximate surface area is 138 Å². The number of nitrogens with zero attached hydrogens (tertiary/aromatic N) is 1. The lowest BCUT2D eigenvalue weighted by atomic mass is 10.0. The van der Waals surface area contributed by atoms with E-state index in [2.05, 4.69) is 18.7 Å². The SMILES string of the molecule is CCC(CC)N(CCOC)C(CN)c1ccc(Cl)cc1Cl. The largest absolute Gasteiger partial charge is 0.383 e. The Bertz CT molecular complexity index is 425. The molecule has 0 saturated heterocycles. The lowest BCUT2D eigenvalue weighted by Gasteiger charge is -2.37. The number of hydrogen-bond donors (Lipinski definition) is 1. The van der Waals surface area contributed by atoms with Gasteiger partial charge in [-0.15, -0.1) is 0 Å². The fraction of sp³-hybridized carbons (Fsp3) is 0.625. The number of methoxy groups -OCH3 is 1. The van der Waals surface area contributed by atoms with Gasteiger partial charge in [0.1, 0.15) is 0 Å². The molecule has 0 fully saturated rings. The molecule has 2 N–H and O–H groups in total. The summed E-state index contributed by atoms with van der Waals surface area (Å²) in [4.78, 5) is 2.40. The van der Waals surface area contributed by atoms with E-state index in [1.807, 2.05) is 12.1 Å². The van der Waals surface area contributed by atoms with Crippen LogP contribution in [0.3, 0.4) is 0 Å². The summed E-state index contributed by atoms with van der Waals surface area (Å²) in [6.07, 6.45) is 2.14. The third-order valence-corrected chi connectivity index (χ3v) is 4.47. The van der Waals surface area contributed by atoms with Crippen molar-refractivity contribution in [3.05, 3.63) is 33.8 Å². The van der Waals surface area contributed by atoms with E-state index in [9.17, 15) is 0 Å². The predicted molar refractivity (Wildman–Crippen MR) is 91.2 cm³/mol. The van der Waals surface area contributed by atoms with Crippen molar-refractivity contribution in [2.45, 2.75) is 38.8 Å². The second kappa shape index (κ2) is 9.65. The van der Waals surface area contributed by atoms with Crippen molar-refractivity contribution in [1.29, 1.82) is 0 Å². The molecule has 3 nitrogen and oxygen atoms in total. The van der Waals surface area contributed by atoms with Gasteiger partial charge < -0.3 is 10.5 Å². The Balaban J connectivity index is 3.09. The average Bonchev–Trinajstić information content (AvgIpc) is 2.47. The first-order valence-corrected chi connectivity index (χ1v) is 8.24. The van der Waals surface area contributed by atoms with Gasteiger partial charge in [-0.1, -0.05) is 43.1 Å². The standard InChI is InChI=1S/C16H26Cl2N2O/c1-4-13(5-2)20(8-9-21-3)16(11-19)14-7-6-12(17)10-15(14)18/h6-7,10,13,16H,4-5,8-9,11,19H2,1-3H3. The van der Waals surface area contributed by atoms with Crippen molar-refractivity contribution in [2.24, 2.45) is 5.73 Å².